The number of amides is 2. The van der Waals surface area contributed by atoms with Crippen LogP contribution in [0.4, 0.5) is 0 Å². The van der Waals surface area contributed by atoms with E-state index in [4.69, 9.17) is 0 Å². The third-order valence-electron chi connectivity index (χ3n) is 4.86. The van der Waals surface area contributed by atoms with Gasteiger partial charge >= 0.3 is 0 Å². The zero-order valence-corrected chi connectivity index (χ0v) is 17.4. The van der Waals surface area contributed by atoms with E-state index in [0.717, 1.165) is 48.5 Å². The molecule has 0 radical (unpaired) electrons. The van der Waals surface area contributed by atoms with Crippen LogP contribution in [0.25, 0.3) is 0 Å². The quantitative estimate of drug-likeness (QED) is 0.722. The normalized spacial score (nSPS) is 15.8. The van der Waals surface area contributed by atoms with Gasteiger partial charge in [0.15, 0.2) is 5.69 Å². The number of thiophene rings is 1. The van der Waals surface area contributed by atoms with Crippen molar-refractivity contribution in [2.24, 2.45) is 5.92 Å². The number of nitrogens with zero attached hydrogens (tertiary/aromatic N) is 3. The molecular weight excluding hydrogens is 380 g/mol. The summed E-state index contributed by atoms with van der Waals surface area (Å²) in [5.41, 5.74) is 0.305. The Hall–Kier alpha value is -1.80. The fourth-order valence-electron chi connectivity index (χ4n) is 3.37. The lowest BCUT2D eigenvalue weighted by atomic mass is 10.1. The summed E-state index contributed by atoms with van der Waals surface area (Å²) in [4.78, 5) is 28.9. The lowest BCUT2D eigenvalue weighted by molar-refractivity contribution is -0.126. The molecule has 8 heteroatoms. The first kappa shape index (κ1) is 19.9. The Morgan fingerprint density at radius 2 is 2.11 bits per heavy atom. The van der Waals surface area contributed by atoms with Crippen molar-refractivity contribution in [2.75, 3.05) is 6.54 Å². The predicted molar refractivity (Wildman–Crippen MR) is 108 cm³/mol. The highest BCUT2D eigenvalue weighted by Crippen LogP contribution is 2.29. The van der Waals surface area contributed by atoms with E-state index in [9.17, 15) is 9.59 Å². The highest BCUT2D eigenvalue weighted by atomic mass is 32.1. The molecule has 1 aliphatic carbocycles. The van der Waals surface area contributed by atoms with Crippen molar-refractivity contribution in [2.45, 2.75) is 58.0 Å². The molecule has 0 aromatic carbocycles. The number of carbonyl (C=O) groups excluding carboxylic acids is 2. The van der Waals surface area contributed by atoms with E-state index >= 15 is 0 Å². The number of hydrogen-bond donors (Lipinski definition) is 1. The molecule has 0 saturated heterocycles. The van der Waals surface area contributed by atoms with Gasteiger partial charge in [-0.1, -0.05) is 37.2 Å². The van der Waals surface area contributed by atoms with E-state index in [0.29, 0.717) is 18.2 Å². The summed E-state index contributed by atoms with van der Waals surface area (Å²) >= 11 is 2.65. The maximum Gasteiger partial charge on any atom is 0.276 e. The summed E-state index contributed by atoms with van der Waals surface area (Å²) < 4.78 is 3.82. The van der Waals surface area contributed by atoms with Crippen LogP contribution in [0.2, 0.25) is 0 Å². The van der Waals surface area contributed by atoms with Gasteiger partial charge in [-0.15, -0.1) is 16.4 Å². The van der Waals surface area contributed by atoms with Gasteiger partial charge in [-0.05, 0) is 48.2 Å². The molecule has 1 fully saturated rings. The van der Waals surface area contributed by atoms with Crippen LogP contribution in [0.15, 0.2) is 22.9 Å². The molecule has 27 heavy (non-hydrogen) atoms. The second kappa shape index (κ2) is 9.41. The van der Waals surface area contributed by atoms with Crippen molar-refractivity contribution in [1.29, 1.82) is 0 Å². The first-order chi connectivity index (χ1) is 13.1. The zero-order chi connectivity index (χ0) is 19.2. The fourth-order valence-corrected chi connectivity index (χ4v) is 4.64. The van der Waals surface area contributed by atoms with Gasteiger partial charge in [0.05, 0.1) is 0 Å². The highest BCUT2D eigenvalue weighted by molar-refractivity contribution is 7.10. The van der Waals surface area contributed by atoms with E-state index in [1.54, 1.807) is 10.3 Å². The lowest BCUT2D eigenvalue weighted by Crippen LogP contribution is -2.46. The number of hydrogen-bond acceptors (Lipinski definition) is 6. The van der Waals surface area contributed by atoms with Crippen LogP contribution in [0.3, 0.4) is 0 Å². The number of carbonyl (C=O) groups is 2. The molecule has 2 aromatic rings. The van der Waals surface area contributed by atoms with E-state index in [1.807, 2.05) is 17.5 Å². The molecule has 0 spiro atoms. The summed E-state index contributed by atoms with van der Waals surface area (Å²) in [5, 5.41) is 10.7. The molecule has 2 heterocycles. The molecule has 0 bridgehead atoms. The third-order valence-corrected chi connectivity index (χ3v) is 6.29. The summed E-state index contributed by atoms with van der Waals surface area (Å²) in [6, 6.07) is 3.44. The van der Waals surface area contributed by atoms with Crippen LogP contribution < -0.4 is 5.32 Å². The van der Waals surface area contributed by atoms with Crippen molar-refractivity contribution in [1.82, 2.24) is 19.8 Å². The Bertz CT molecular complexity index is 725. The Morgan fingerprint density at radius 1 is 1.33 bits per heavy atom. The van der Waals surface area contributed by atoms with E-state index in [1.165, 1.54) is 11.3 Å². The molecule has 146 valence electrons. The average molecular weight is 407 g/mol. The first-order valence-corrected chi connectivity index (χ1v) is 11.2. The Morgan fingerprint density at radius 3 is 2.70 bits per heavy atom. The van der Waals surface area contributed by atoms with Gasteiger partial charge in [-0.25, -0.2) is 0 Å². The summed E-state index contributed by atoms with van der Waals surface area (Å²) in [6.07, 6.45) is 5.14. The van der Waals surface area contributed by atoms with Gasteiger partial charge in [-0.2, -0.15) is 0 Å². The number of rotatable bonds is 8. The molecule has 1 saturated carbocycles. The van der Waals surface area contributed by atoms with Crippen LogP contribution in [-0.2, 0) is 4.79 Å². The van der Waals surface area contributed by atoms with Crippen molar-refractivity contribution in [3.63, 3.8) is 0 Å². The summed E-state index contributed by atoms with van der Waals surface area (Å²) in [7, 11) is 0. The van der Waals surface area contributed by atoms with Crippen molar-refractivity contribution < 1.29 is 9.59 Å². The average Bonchev–Trinajstić information content (AvgIpc) is 3.40. The molecule has 6 nitrogen and oxygen atoms in total. The zero-order valence-electron chi connectivity index (χ0n) is 15.8. The van der Waals surface area contributed by atoms with Crippen molar-refractivity contribution >= 4 is 34.7 Å². The van der Waals surface area contributed by atoms with E-state index < -0.39 is 6.04 Å². The summed E-state index contributed by atoms with van der Waals surface area (Å²) in [6.45, 7) is 4.74. The van der Waals surface area contributed by atoms with Crippen LogP contribution in [0.1, 0.15) is 67.4 Å². The first-order valence-electron chi connectivity index (χ1n) is 9.48. The SMILES string of the molecule is CC(C)CCN(C(=O)c1csnn1)[C@@H](C(=O)NC1CCCC1)c1cccs1. The topological polar surface area (TPSA) is 75.2 Å². The molecule has 3 rings (SSSR count). The second-order valence-corrected chi connectivity index (χ2v) is 8.97. The molecule has 1 N–H and O–H groups in total. The van der Waals surface area contributed by atoms with Crippen LogP contribution >= 0.6 is 22.9 Å². The van der Waals surface area contributed by atoms with Crippen molar-refractivity contribution in [3.8, 4) is 0 Å². The molecular formula is C19H26N4O2S2. The highest BCUT2D eigenvalue weighted by Gasteiger charge is 2.34. The Kier molecular flexibility index (Phi) is 6.95. The van der Waals surface area contributed by atoms with Gasteiger partial charge in [0.2, 0.25) is 5.91 Å². The monoisotopic (exact) mass is 406 g/mol. The molecule has 0 aliphatic heterocycles. The Balaban J connectivity index is 1.88. The summed E-state index contributed by atoms with van der Waals surface area (Å²) in [5.74, 6) is 0.102. The molecule has 2 amide bonds. The molecule has 2 aromatic heterocycles. The van der Waals surface area contributed by atoms with Gasteiger partial charge in [0.1, 0.15) is 6.04 Å². The lowest BCUT2D eigenvalue weighted by Gasteiger charge is -2.31. The van der Waals surface area contributed by atoms with Gasteiger partial charge < -0.3 is 10.2 Å². The smallest absolute Gasteiger partial charge is 0.276 e. The van der Waals surface area contributed by atoms with E-state index in [2.05, 4.69) is 28.8 Å². The standard InChI is InChI=1S/C19H26N4O2S2/c1-13(2)9-10-23(19(25)15-12-27-22-21-15)17(16-8-5-11-26-16)18(24)20-14-6-3-4-7-14/h5,8,11-14,17H,3-4,6-7,9-10H2,1-2H3,(H,20,24)/t17-/m1/s1. The number of nitrogens with one attached hydrogen (secondary N) is 1. The minimum atomic E-state index is -0.626. The Labute approximate surface area is 168 Å². The maximum atomic E-state index is 13.2. The predicted octanol–water partition coefficient (Wildman–Crippen LogP) is 3.89. The maximum absolute atomic E-state index is 13.2. The minimum absolute atomic E-state index is 0.0929. The molecule has 0 unspecified atom stereocenters. The largest absolute Gasteiger partial charge is 0.351 e. The van der Waals surface area contributed by atoms with Gasteiger partial charge in [-0.3, -0.25) is 9.59 Å². The van der Waals surface area contributed by atoms with Gasteiger partial charge in [0.25, 0.3) is 5.91 Å². The van der Waals surface area contributed by atoms with Crippen molar-refractivity contribution in [3.05, 3.63) is 33.5 Å². The van der Waals surface area contributed by atoms with E-state index in [-0.39, 0.29) is 17.9 Å². The number of aromatic nitrogens is 2. The molecule has 1 aliphatic rings. The van der Waals surface area contributed by atoms with Crippen LogP contribution in [0, 0.1) is 5.92 Å². The van der Waals surface area contributed by atoms with Crippen LogP contribution in [0.5, 0.6) is 0 Å². The van der Waals surface area contributed by atoms with Gasteiger partial charge in [0, 0.05) is 22.8 Å². The third kappa shape index (κ3) is 5.13. The fraction of sp³-hybridized carbons (Fsp3) is 0.579. The molecule has 1 atom stereocenters. The minimum Gasteiger partial charge on any atom is -0.351 e. The second-order valence-electron chi connectivity index (χ2n) is 7.38. The van der Waals surface area contributed by atoms with Crippen LogP contribution in [-0.4, -0.2) is 38.9 Å².